The highest BCUT2D eigenvalue weighted by atomic mass is 19.2. The van der Waals surface area contributed by atoms with Crippen LogP contribution in [0.15, 0.2) is 54.6 Å². The highest BCUT2D eigenvalue weighted by Crippen LogP contribution is 2.33. The first kappa shape index (κ1) is 24.8. The van der Waals surface area contributed by atoms with Gasteiger partial charge in [-0.25, -0.2) is 18.0 Å². The Hall–Kier alpha value is -4.34. The molecule has 0 aromatic heterocycles. The van der Waals surface area contributed by atoms with E-state index in [0.717, 1.165) is 17.7 Å². The molecule has 1 saturated heterocycles. The molecule has 3 aromatic carbocycles. The summed E-state index contributed by atoms with van der Waals surface area (Å²) in [5.41, 5.74) is 0.431. The number of benzene rings is 3. The first-order valence-corrected chi connectivity index (χ1v) is 10.6. The zero-order valence-corrected chi connectivity index (χ0v) is 18.3. The Bertz CT molecular complexity index is 1370. The van der Waals surface area contributed by atoms with Crippen LogP contribution in [-0.4, -0.2) is 36.4 Å². The summed E-state index contributed by atoms with van der Waals surface area (Å²) in [6, 6.07) is 12.1. The van der Waals surface area contributed by atoms with Gasteiger partial charge in [-0.05, 0) is 52.6 Å². The van der Waals surface area contributed by atoms with Gasteiger partial charge in [-0.15, -0.1) is 0 Å². The van der Waals surface area contributed by atoms with Crippen LogP contribution < -0.4 is 15.4 Å². The van der Waals surface area contributed by atoms with Crippen LogP contribution >= 0.6 is 0 Å². The smallest absolute Gasteiger partial charge is 0.322 e. The summed E-state index contributed by atoms with van der Waals surface area (Å²) in [6.45, 7) is 0.0576. The largest absolute Gasteiger partial charge is 0.497 e. The molecule has 1 atom stereocenters. The average molecular weight is 497 g/mol. The first-order valence-electron chi connectivity index (χ1n) is 10.6. The van der Waals surface area contributed by atoms with Gasteiger partial charge in [-0.2, -0.15) is 0 Å². The fourth-order valence-electron chi connectivity index (χ4n) is 4.47. The minimum absolute atomic E-state index is 0. The monoisotopic (exact) mass is 497 g/mol. The number of nitrogens with one attached hydrogen (secondary N) is 2. The van der Waals surface area contributed by atoms with E-state index in [9.17, 15) is 27.6 Å². The van der Waals surface area contributed by atoms with Crippen LogP contribution in [-0.2, 0) is 16.9 Å². The number of ether oxygens (including phenoxy) is 1. The molecule has 2 aliphatic heterocycles. The topological polar surface area (TPSA) is 87.7 Å². The minimum Gasteiger partial charge on any atom is -0.497 e. The van der Waals surface area contributed by atoms with E-state index in [2.05, 4.69) is 10.6 Å². The van der Waals surface area contributed by atoms with Crippen LogP contribution in [0.1, 0.15) is 28.9 Å². The van der Waals surface area contributed by atoms with Gasteiger partial charge >= 0.3 is 6.03 Å². The number of hydrogen-bond donors (Lipinski definition) is 2. The van der Waals surface area contributed by atoms with Crippen LogP contribution in [0.25, 0.3) is 11.1 Å². The van der Waals surface area contributed by atoms with Crippen molar-refractivity contribution in [1.82, 2.24) is 15.5 Å². The zero-order valence-electron chi connectivity index (χ0n) is 18.3. The highest BCUT2D eigenvalue weighted by Gasteiger charge is 2.50. The van der Waals surface area contributed by atoms with Gasteiger partial charge in [0, 0.05) is 12.1 Å². The summed E-state index contributed by atoms with van der Waals surface area (Å²) < 4.78 is 45.9. The molecule has 7 nitrogen and oxygen atoms in total. The van der Waals surface area contributed by atoms with Gasteiger partial charge < -0.3 is 15.0 Å². The van der Waals surface area contributed by atoms with E-state index in [1.165, 1.54) is 36.3 Å². The average Bonchev–Trinajstić information content (AvgIpc) is 3.31. The maximum Gasteiger partial charge on any atom is 0.322 e. The van der Waals surface area contributed by atoms with Crippen molar-refractivity contribution in [2.24, 2.45) is 0 Å². The second-order valence-corrected chi connectivity index (χ2v) is 8.33. The van der Waals surface area contributed by atoms with Crippen LogP contribution in [0.4, 0.5) is 18.0 Å². The van der Waals surface area contributed by atoms with Gasteiger partial charge in [0.05, 0.1) is 13.7 Å². The molecule has 1 fully saturated rings. The SMILES string of the molecule is C.COc1ccc2c(c1)CN(CC1(c3ccc(-c4cc(F)c(F)c(F)c4)cc3)NC(=O)NC1=O)C2=O. The van der Waals surface area contributed by atoms with E-state index < -0.39 is 34.9 Å². The second-order valence-electron chi connectivity index (χ2n) is 8.33. The quantitative estimate of drug-likeness (QED) is 0.410. The fourth-order valence-corrected chi connectivity index (χ4v) is 4.47. The van der Waals surface area contributed by atoms with E-state index in [-0.39, 0.29) is 32.0 Å². The number of urea groups is 1. The molecule has 0 radical (unpaired) electrons. The minimum atomic E-state index is -1.59. The van der Waals surface area contributed by atoms with Crippen molar-refractivity contribution in [2.75, 3.05) is 13.7 Å². The Morgan fingerprint density at radius 2 is 1.61 bits per heavy atom. The summed E-state index contributed by atoms with van der Waals surface area (Å²) in [4.78, 5) is 39.5. The maximum absolute atomic E-state index is 13.7. The third-order valence-electron chi connectivity index (χ3n) is 6.26. The number of imide groups is 1. The van der Waals surface area contributed by atoms with Gasteiger partial charge in [0.15, 0.2) is 23.0 Å². The number of fused-ring (bicyclic) bond motifs is 1. The lowest BCUT2D eigenvalue weighted by Crippen LogP contribution is -2.52. The van der Waals surface area contributed by atoms with E-state index in [1.54, 1.807) is 18.2 Å². The summed E-state index contributed by atoms with van der Waals surface area (Å²) in [6.07, 6.45) is 0. The fraction of sp³-hybridized carbons (Fsp3) is 0.192. The third kappa shape index (κ3) is 3.94. The van der Waals surface area contributed by atoms with Crippen LogP contribution in [0.5, 0.6) is 5.75 Å². The normalized spacial score (nSPS) is 18.4. The number of halogens is 3. The number of carbonyl (C=O) groups excluding carboxylic acids is 3. The first-order chi connectivity index (χ1) is 16.7. The molecule has 4 amide bonds. The van der Waals surface area contributed by atoms with E-state index in [1.807, 2.05) is 0 Å². The standard InChI is InChI=1S/C25H18F3N3O4.CH4/c1-35-17-6-7-18-15(8-17)11-31(22(18)32)12-25(23(33)29-24(34)30-25)16-4-2-13(3-5-16)14-9-19(26)21(28)20(27)10-14;/h2-10H,11-12H2,1H3,(H2,29,30,33,34);1H4. The van der Waals surface area contributed by atoms with Crippen molar-refractivity contribution in [2.45, 2.75) is 19.5 Å². The van der Waals surface area contributed by atoms with E-state index >= 15 is 0 Å². The second kappa shape index (κ2) is 9.03. The van der Waals surface area contributed by atoms with Crippen LogP contribution in [0.3, 0.4) is 0 Å². The van der Waals surface area contributed by atoms with Crippen molar-refractivity contribution >= 4 is 17.8 Å². The molecule has 0 bridgehead atoms. The van der Waals surface area contributed by atoms with Gasteiger partial charge in [0.25, 0.3) is 11.8 Å². The van der Waals surface area contributed by atoms with E-state index in [0.29, 0.717) is 22.4 Å². The predicted molar refractivity (Wildman–Crippen MR) is 125 cm³/mol. The van der Waals surface area contributed by atoms with Crippen molar-refractivity contribution in [3.8, 4) is 16.9 Å². The van der Waals surface area contributed by atoms with Crippen molar-refractivity contribution < 1.29 is 32.3 Å². The molecule has 2 aliphatic rings. The highest BCUT2D eigenvalue weighted by molar-refractivity contribution is 6.08. The maximum atomic E-state index is 13.7. The number of nitrogens with zero attached hydrogens (tertiary/aromatic N) is 1. The molecule has 1 unspecified atom stereocenters. The summed E-state index contributed by atoms with van der Waals surface area (Å²) in [5.74, 6) is -4.58. The molecular weight excluding hydrogens is 475 g/mol. The molecular formula is C26H22F3N3O4. The zero-order chi connectivity index (χ0) is 24.9. The molecule has 2 heterocycles. The lowest BCUT2D eigenvalue weighted by molar-refractivity contribution is -0.124. The van der Waals surface area contributed by atoms with Crippen LogP contribution in [0, 0.1) is 17.5 Å². The molecule has 3 aromatic rings. The lowest BCUT2D eigenvalue weighted by atomic mass is 9.88. The van der Waals surface area contributed by atoms with Gasteiger partial charge in [0.1, 0.15) is 5.75 Å². The summed E-state index contributed by atoms with van der Waals surface area (Å²) >= 11 is 0. The van der Waals surface area contributed by atoms with Crippen molar-refractivity contribution in [3.05, 3.63) is 88.7 Å². The molecule has 0 aliphatic carbocycles. The summed E-state index contributed by atoms with van der Waals surface area (Å²) in [7, 11) is 1.52. The third-order valence-corrected chi connectivity index (χ3v) is 6.26. The molecule has 10 heteroatoms. The lowest BCUT2D eigenvalue weighted by Gasteiger charge is -2.31. The number of hydrogen-bond acceptors (Lipinski definition) is 4. The van der Waals surface area contributed by atoms with Gasteiger partial charge in [-0.1, -0.05) is 31.7 Å². The van der Waals surface area contributed by atoms with Gasteiger partial charge in [0.2, 0.25) is 0 Å². The number of amides is 4. The molecule has 0 spiro atoms. The number of rotatable bonds is 5. The Morgan fingerprint density at radius 1 is 0.944 bits per heavy atom. The number of carbonyl (C=O) groups is 3. The summed E-state index contributed by atoms with van der Waals surface area (Å²) in [5, 5.41) is 4.84. The van der Waals surface area contributed by atoms with Crippen LogP contribution in [0.2, 0.25) is 0 Å². The van der Waals surface area contributed by atoms with Gasteiger partial charge in [-0.3, -0.25) is 14.9 Å². The Labute approximate surface area is 204 Å². The van der Waals surface area contributed by atoms with Crippen molar-refractivity contribution in [1.29, 1.82) is 0 Å². The molecule has 2 N–H and O–H groups in total. The number of methoxy groups -OCH3 is 1. The Morgan fingerprint density at radius 3 is 2.19 bits per heavy atom. The Balaban J connectivity index is 0.00000304. The predicted octanol–water partition coefficient (Wildman–Crippen LogP) is 4.11. The molecule has 0 saturated carbocycles. The van der Waals surface area contributed by atoms with E-state index in [4.69, 9.17) is 4.74 Å². The van der Waals surface area contributed by atoms with Crippen molar-refractivity contribution in [3.63, 3.8) is 0 Å². The molecule has 5 rings (SSSR count). The molecule has 186 valence electrons. The Kier molecular flexibility index (Phi) is 6.21. The molecule has 36 heavy (non-hydrogen) atoms.